The van der Waals surface area contributed by atoms with Crippen molar-refractivity contribution in [3.05, 3.63) is 11.5 Å². The van der Waals surface area contributed by atoms with Crippen molar-refractivity contribution < 1.29 is 14.4 Å². The third-order valence-corrected chi connectivity index (χ3v) is 3.56. The van der Waals surface area contributed by atoms with E-state index in [-0.39, 0.29) is 12.3 Å². The van der Waals surface area contributed by atoms with Gasteiger partial charge in [-0.3, -0.25) is 4.79 Å². The molecule has 0 unspecified atom stereocenters. The number of amides is 1. The molecule has 5 heteroatoms. The maximum Gasteiger partial charge on any atom is 0.227 e. The maximum atomic E-state index is 12.0. The molecule has 2 N–H and O–H groups in total. The highest BCUT2D eigenvalue weighted by Gasteiger charge is 2.33. The van der Waals surface area contributed by atoms with E-state index in [0.29, 0.717) is 30.7 Å². The second kappa shape index (κ2) is 5.10. The number of aromatic nitrogens is 1. The Hall–Kier alpha value is -1.36. The lowest BCUT2D eigenvalue weighted by Crippen LogP contribution is -2.31. The van der Waals surface area contributed by atoms with Gasteiger partial charge in [0.05, 0.1) is 12.0 Å². The van der Waals surface area contributed by atoms with Crippen LogP contribution in [-0.2, 0) is 11.2 Å². The zero-order chi connectivity index (χ0) is 13.2. The van der Waals surface area contributed by atoms with Gasteiger partial charge in [0.15, 0.2) is 5.76 Å². The van der Waals surface area contributed by atoms with Crippen LogP contribution in [0.1, 0.15) is 50.5 Å². The second-order valence-electron chi connectivity index (χ2n) is 5.07. The molecule has 2 rings (SSSR count). The van der Waals surface area contributed by atoms with E-state index in [1.165, 1.54) is 0 Å². The monoisotopic (exact) mass is 252 g/mol. The number of nitrogens with zero attached hydrogens (tertiary/aromatic N) is 1. The summed E-state index contributed by atoms with van der Waals surface area (Å²) >= 11 is 0. The lowest BCUT2D eigenvalue weighted by molar-refractivity contribution is -0.120. The molecule has 0 bridgehead atoms. The smallest absolute Gasteiger partial charge is 0.227 e. The van der Waals surface area contributed by atoms with E-state index in [0.717, 1.165) is 18.5 Å². The molecule has 0 spiro atoms. The summed E-state index contributed by atoms with van der Waals surface area (Å²) in [6, 6.07) is 0. The van der Waals surface area contributed by atoms with Gasteiger partial charge >= 0.3 is 0 Å². The van der Waals surface area contributed by atoms with E-state index >= 15 is 0 Å². The maximum absolute atomic E-state index is 12.0. The van der Waals surface area contributed by atoms with Gasteiger partial charge in [0.25, 0.3) is 0 Å². The minimum absolute atomic E-state index is 0.154. The molecule has 1 aliphatic carbocycles. The molecular formula is C13H20N2O3. The average molecular weight is 252 g/mol. The Kier molecular flexibility index (Phi) is 3.71. The van der Waals surface area contributed by atoms with E-state index in [9.17, 15) is 9.90 Å². The van der Waals surface area contributed by atoms with Crippen LogP contribution < -0.4 is 5.32 Å². The molecule has 1 aromatic heterocycles. The topological polar surface area (TPSA) is 75.4 Å². The standard InChI is InChI=1S/C13H20N2O3/c1-3-10-12(9(2)18-15-10)14-11(16)8-13(17)6-4-5-7-13/h17H,3-8H2,1-2H3,(H,14,16). The first-order chi connectivity index (χ1) is 8.54. The van der Waals surface area contributed by atoms with Crippen LogP contribution in [0.4, 0.5) is 5.69 Å². The fourth-order valence-electron chi connectivity index (χ4n) is 2.51. The molecule has 0 saturated heterocycles. The summed E-state index contributed by atoms with van der Waals surface area (Å²) in [7, 11) is 0. The van der Waals surface area contributed by atoms with Crippen molar-refractivity contribution in [3.8, 4) is 0 Å². The molecule has 0 atom stereocenters. The Morgan fingerprint density at radius 1 is 1.50 bits per heavy atom. The Labute approximate surface area is 107 Å². The molecule has 5 nitrogen and oxygen atoms in total. The molecule has 1 fully saturated rings. The van der Waals surface area contributed by atoms with Gasteiger partial charge in [0.1, 0.15) is 11.4 Å². The molecular weight excluding hydrogens is 232 g/mol. The molecule has 0 aliphatic heterocycles. The average Bonchev–Trinajstić information content (AvgIpc) is 2.87. The summed E-state index contributed by atoms with van der Waals surface area (Å²) in [4.78, 5) is 12.0. The third kappa shape index (κ3) is 2.72. The Bertz CT molecular complexity index is 433. The first-order valence-electron chi connectivity index (χ1n) is 6.51. The lowest BCUT2D eigenvalue weighted by atomic mass is 9.97. The van der Waals surface area contributed by atoms with Crippen molar-refractivity contribution in [1.82, 2.24) is 5.16 Å². The van der Waals surface area contributed by atoms with Gasteiger partial charge in [-0.15, -0.1) is 0 Å². The number of nitrogens with one attached hydrogen (secondary N) is 1. The summed E-state index contributed by atoms with van der Waals surface area (Å²) in [6.45, 7) is 3.73. The molecule has 100 valence electrons. The van der Waals surface area contributed by atoms with E-state index < -0.39 is 5.60 Å². The van der Waals surface area contributed by atoms with Crippen LogP contribution >= 0.6 is 0 Å². The first-order valence-corrected chi connectivity index (χ1v) is 6.51. The molecule has 1 aliphatic rings. The number of hydrogen-bond donors (Lipinski definition) is 2. The van der Waals surface area contributed by atoms with E-state index in [4.69, 9.17) is 4.52 Å². The second-order valence-corrected chi connectivity index (χ2v) is 5.07. The highest BCUT2D eigenvalue weighted by molar-refractivity contribution is 5.92. The van der Waals surface area contributed by atoms with Crippen molar-refractivity contribution in [3.63, 3.8) is 0 Å². The zero-order valence-corrected chi connectivity index (χ0v) is 11.0. The molecule has 18 heavy (non-hydrogen) atoms. The summed E-state index contributed by atoms with van der Waals surface area (Å²) in [5.74, 6) is 0.444. The zero-order valence-electron chi connectivity index (χ0n) is 11.0. The summed E-state index contributed by atoms with van der Waals surface area (Å²) in [6.07, 6.45) is 4.28. The third-order valence-electron chi connectivity index (χ3n) is 3.56. The van der Waals surface area contributed by atoms with Crippen molar-refractivity contribution in [2.24, 2.45) is 0 Å². The van der Waals surface area contributed by atoms with Crippen LogP contribution in [0.2, 0.25) is 0 Å². The number of carbonyl (C=O) groups excluding carboxylic acids is 1. The number of anilines is 1. The normalized spacial score (nSPS) is 17.9. The predicted octanol–water partition coefficient (Wildman–Crippen LogP) is 2.18. The first kappa shape index (κ1) is 13.1. The SMILES string of the molecule is CCc1noc(C)c1NC(=O)CC1(O)CCCC1. The highest BCUT2D eigenvalue weighted by atomic mass is 16.5. The number of rotatable bonds is 4. The molecule has 1 aromatic rings. The van der Waals surface area contributed by atoms with Crippen LogP contribution in [0.3, 0.4) is 0 Å². The van der Waals surface area contributed by atoms with Gasteiger partial charge in [0, 0.05) is 0 Å². The Balaban J connectivity index is 2.00. The molecule has 0 aromatic carbocycles. The van der Waals surface area contributed by atoms with Crippen LogP contribution in [-0.4, -0.2) is 21.8 Å². The van der Waals surface area contributed by atoms with Crippen LogP contribution in [0.25, 0.3) is 0 Å². The van der Waals surface area contributed by atoms with Crippen LogP contribution in [0, 0.1) is 6.92 Å². The van der Waals surface area contributed by atoms with Gasteiger partial charge in [-0.05, 0) is 26.2 Å². The number of aryl methyl sites for hydroxylation is 2. The fraction of sp³-hybridized carbons (Fsp3) is 0.692. The van der Waals surface area contributed by atoms with E-state index in [2.05, 4.69) is 10.5 Å². The Morgan fingerprint density at radius 3 is 2.78 bits per heavy atom. The van der Waals surface area contributed by atoms with Crippen molar-refractivity contribution >= 4 is 11.6 Å². The van der Waals surface area contributed by atoms with Gasteiger partial charge in [0.2, 0.25) is 5.91 Å². The summed E-state index contributed by atoms with van der Waals surface area (Å²) in [5.41, 5.74) is 0.588. The number of hydrogen-bond acceptors (Lipinski definition) is 4. The number of carbonyl (C=O) groups is 1. The van der Waals surface area contributed by atoms with Crippen molar-refractivity contribution in [2.75, 3.05) is 5.32 Å². The molecule has 1 amide bonds. The van der Waals surface area contributed by atoms with Gasteiger partial charge in [-0.2, -0.15) is 0 Å². The van der Waals surface area contributed by atoms with Crippen molar-refractivity contribution in [2.45, 2.75) is 58.0 Å². The minimum Gasteiger partial charge on any atom is -0.389 e. The largest absolute Gasteiger partial charge is 0.389 e. The van der Waals surface area contributed by atoms with E-state index in [1.807, 2.05) is 6.92 Å². The van der Waals surface area contributed by atoms with Gasteiger partial charge in [-0.1, -0.05) is 24.9 Å². The summed E-state index contributed by atoms with van der Waals surface area (Å²) in [5, 5.41) is 16.9. The lowest BCUT2D eigenvalue weighted by Gasteiger charge is -2.21. The van der Waals surface area contributed by atoms with E-state index in [1.54, 1.807) is 6.92 Å². The fourth-order valence-corrected chi connectivity index (χ4v) is 2.51. The quantitative estimate of drug-likeness (QED) is 0.861. The minimum atomic E-state index is -0.818. The molecule has 0 radical (unpaired) electrons. The van der Waals surface area contributed by atoms with Gasteiger partial charge < -0.3 is 14.9 Å². The molecule has 1 saturated carbocycles. The van der Waals surface area contributed by atoms with Crippen LogP contribution in [0.5, 0.6) is 0 Å². The van der Waals surface area contributed by atoms with Crippen molar-refractivity contribution in [1.29, 1.82) is 0 Å². The predicted molar refractivity (Wildman–Crippen MR) is 67.3 cm³/mol. The highest BCUT2D eigenvalue weighted by Crippen LogP contribution is 2.32. The number of aliphatic hydroxyl groups is 1. The molecule has 1 heterocycles. The summed E-state index contributed by atoms with van der Waals surface area (Å²) < 4.78 is 5.06. The Morgan fingerprint density at radius 2 is 2.17 bits per heavy atom. The van der Waals surface area contributed by atoms with Crippen LogP contribution in [0.15, 0.2) is 4.52 Å². The van der Waals surface area contributed by atoms with Gasteiger partial charge in [-0.25, -0.2) is 0 Å².